The molecule has 156 valence electrons. The van der Waals surface area contributed by atoms with Crippen LogP contribution in [-0.4, -0.2) is 28.8 Å². The van der Waals surface area contributed by atoms with E-state index in [0.29, 0.717) is 5.69 Å². The molecular weight excluding hydrogens is 410 g/mol. The van der Waals surface area contributed by atoms with Gasteiger partial charge in [0.05, 0.1) is 29.8 Å². The Morgan fingerprint density at radius 1 is 1.16 bits per heavy atom. The highest BCUT2D eigenvalue weighted by Gasteiger charge is 2.48. The molecule has 4 N–H and O–H groups in total. The van der Waals surface area contributed by atoms with Gasteiger partial charge in [0, 0.05) is 28.3 Å². The third kappa shape index (κ3) is 3.07. The summed E-state index contributed by atoms with van der Waals surface area (Å²) in [6.45, 7) is 1.96. The van der Waals surface area contributed by atoms with Crippen LogP contribution in [0.3, 0.4) is 0 Å². The molecule has 1 aromatic carbocycles. The smallest absolute Gasteiger partial charge is 0.239 e. The standard InChI is InChI=1S/C23H21N5O2S/c1-23(19-10-15(12-31-19)17-5-4-16(24)11-26-17)20(21(29)28(2)22(25)27-23)14-3-6-18-13(9-14)7-8-30-18/h3-12,20H,24H2,1-2H3,(H2,25,27)/t20-,23-/m1/s1. The number of aromatic nitrogens is 1. The van der Waals surface area contributed by atoms with Crippen LogP contribution >= 0.6 is 11.3 Å². The molecule has 0 aliphatic carbocycles. The van der Waals surface area contributed by atoms with Crippen molar-refractivity contribution in [3.05, 3.63) is 70.7 Å². The van der Waals surface area contributed by atoms with E-state index >= 15 is 0 Å². The van der Waals surface area contributed by atoms with Crippen LogP contribution in [0.25, 0.3) is 22.2 Å². The second-order valence-electron chi connectivity index (χ2n) is 7.84. The van der Waals surface area contributed by atoms with E-state index < -0.39 is 11.5 Å². The Balaban J connectivity index is 1.64. The molecule has 31 heavy (non-hydrogen) atoms. The molecule has 0 fully saturated rings. The fourth-order valence-electron chi connectivity index (χ4n) is 4.07. The van der Waals surface area contributed by atoms with Gasteiger partial charge in [-0.25, -0.2) is 4.99 Å². The summed E-state index contributed by atoms with van der Waals surface area (Å²) in [5, 5.41) is 2.96. The van der Waals surface area contributed by atoms with Crippen LogP contribution in [0.1, 0.15) is 23.3 Å². The molecule has 7 nitrogen and oxygen atoms in total. The number of hydrogen-bond acceptors (Lipinski definition) is 7. The first-order valence-corrected chi connectivity index (χ1v) is 10.7. The summed E-state index contributed by atoms with van der Waals surface area (Å²) in [5.41, 5.74) is 15.1. The van der Waals surface area contributed by atoms with Gasteiger partial charge in [0.2, 0.25) is 5.91 Å². The molecule has 1 aliphatic heterocycles. The van der Waals surface area contributed by atoms with Crippen LogP contribution < -0.4 is 11.5 Å². The Bertz CT molecular complexity index is 1320. The highest BCUT2D eigenvalue weighted by Crippen LogP contribution is 2.47. The molecule has 0 radical (unpaired) electrons. The molecule has 4 heterocycles. The Morgan fingerprint density at radius 3 is 2.77 bits per heavy atom. The summed E-state index contributed by atoms with van der Waals surface area (Å²) in [5.74, 6) is -0.429. The summed E-state index contributed by atoms with van der Waals surface area (Å²) >= 11 is 1.54. The number of likely N-dealkylation sites (N-methyl/N-ethyl adjacent to an activating group) is 1. The van der Waals surface area contributed by atoms with Crippen LogP contribution in [-0.2, 0) is 10.3 Å². The SMILES string of the molecule is CN1C(=O)[C@@H](c2ccc3occc3c2)[C@@](C)(c2cc(-c3ccc(N)cn3)cs2)N=C1N. The number of nitrogen functional groups attached to an aromatic ring is 1. The molecule has 0 bridgehead atoms. The predicted octanol–water partition coefficient (Wildman–Crippen LogP) is 3.92. The quantitative estimate of drug-likeness (QED) is 0.511. The number of guanidine groups is 1. The molecule has 0 unspecified atom stereocenters. The predicted molar refractivity (Wildman–Crippen MR) is 123 cm³/mol. The third-order valence-corrected chi connectivity index (χ3v) is 6.98. The van der Waals surface area contributed by atoms with Gasteiger partial charge < -0.3 is 15.9 Å². The van der Waals surface area contributed by atoms with Gasteiger partial charge in [-0.15, -0.1) is 11.3 Å². The summed E-state index contributed by atoms with van der Waals surface area (Å²) in [7, 11) is 1.66. The zero-order chi connectivity index (χ0) is 21.8. The van der Waals surface area contributed by atoms with Crippen LogP contribution in [0.4, 0.5) is 5.69 Å². The molecule has 1 amide bonds. The minimum Gasteiger partial charge on any atom is -0.464 e. The van der Waals surface area contributed by atoms with Gasteiger partial charge in [-0.05, 0) is 48.9 Å². The van der Waals surface area contributed by atoms with Gasteiger partial charge in [-0.1, -0.05) is 6.07 Å². The van der Waals surface area contributed by atoms with Gasteiger partial charge in [-0.2, -0.15) is 0 Å². The zero-order valence-electron chi connectivity index (χ0n) is 17.1. The van der Waals surface area contributed by atoms with Crippen LogP contribution in [0.5, 0.6) is 0 Å². The van der Waals surface area contributed by atoms with Crippen molar-refractivity contribution in [3.63, 3.8) is 0 Å². The number of thiophene rings is 1. The van der Waals surface area contributed by atoms with Crippen molar-refractivity contribution < 1.29 is 9.21 Å². The summed E-state index contributed by atoms with van der Waals surface area (Å²) in [6, 6.07) is 13.4. The Kier molecular flexibility index (Phi) is 4.33. The molecule has 0 saturated heterocycles. The summed E-state index contributed by atoms with van der Waals surface area (Å²) < 4.78 is 5.47. The number of nitrogens with two attached hydrogens (primary N) is 2. The van der Waals surface area contributed by atoms with Crippen molar-refractivity contribution in [2.45, 2.75) is 18.4 Å². The lowest BCUT2D eigenvalue weighted by atomic mass is 9.77. The molecule has 0 spiro atoms. The monoisotopic (exact) mass is 431 g/mol. The first-order chi connectivity index (χ1) is 14.9. The third-order valence-electron chi connectivity index (χ3n) is 5.82. The van der Waals surface area contributed by atoms with Gasteiger partial charge in [0.1, 0.15) is 11.1 Å². The van der Waals surface area contributed by atoms with E-state index in [4.69, 9.17) is 20.9 Å². The van der Waals surface area contributed by atoms with Gasteiger partial charge >= 0.3 is 0 Å². The van der Waals surface area contributed by atoms with Crippen molar-refractivity contribution in [1.82, 2.24) is 9.88 Å². The minimum atomic E-state index is -0.859. The number of benzene rings is 1. The van der Waals surface area contributed by atoms with E-state index in [-0.39, 0.29) is 11.9 Å². The molecule has 5 rings (SSSR count). The van der Waals surface area contributed by atoms with Gasteiger partial charge in [0.15, 0.2) is 5.96 Å². The molecule has 3 aromatic heterocycles. The van der Waals surface area contributed by atoms with Gasteiger partial charge in [0.25, 0.3) is 0 Å². The Hall–Kier alpha value is -3.65. The number of fused-ring (bicyclic) bond motifs is 1. The van der Waals surface area contributed by atoms with Crippen molar-refractivity contribution in [2.24, 2.45) is 10.7 Å². The van der Waals surface area contributed by atoms with E-state index in [1.807, 2.05) is 54.8 Å². The lowest BCUT2D eigenvalue weighted by molar-refractivity contribution is -0.130. The second-order valence-corrected chi connectivity index (χ2v) is 8.75. The number of furan rings is 1. The Morgan fingerprint density at radius 2 is 2.00 bits per heavy atom. The molecule has 2 atom stereocenters. The van der Waals surface area contributed by atoms with E-state index in [0.717, 1.165) is 32.7 Å². The number of rotatable bonds is 3. The van der Waals surface area contributed by atoms with E-state index in [9.17, 15) is 4.79 Å². The Labute approximate surface area is 183 Å². The molecule has 8 heteroatoms. The topological polar surface area (TPSA) is 111 Å². The van der Waals surface area contributed by atoms with E-state index in [1.54, 1.807) is 19.5 Å². The van der Waals surface area contributed by atoms with Crippen LogP contribution in [0.2, 0.25) is 0 Å². The minimum absolute atomic E-state index is 0.0987. The maximum absolute atomic E-state index is 13.4. The number of amides is 1. The maximum atomic E-state index is 13.4. The number of aliphatic imine (C=N–C) groups is 1. The highest BCUT2D eigenvalue weighted by molar-refractivity contribution is 7.10. The summed E-state index contributed by atoms with van der Waals surface area (Å²) in [6.07, 6.45) is 3.27. The number of pyridine rings is 1. The molecule has 1 aliphatic rings. The highest BCUT2D eigenvalue weighted by atomic mass is 32.1. The maximum Gasteiger partial charge on any atom is 0.239 e. The second kappa shape index (κ2) is 6.95. The summed E-state index contributed by atoms with van der Waals surface area (Å²) in [4.78, 5) is 25.0. The molecular formula is C23H21N5O2S. The van der Waals surface area contributed by atoms with Gasteiger partial charge in [-0.3, -0.25) is 14.7 Å². The lowest BCUT2D eigenvalue weighted by Crippen LogP contribution is -2.52. The first-order valence-electron chi connectivity index (χ1n) is 9.78. The van der Waals surface area contributed by atoms with Crippen LogP contribution in [0, 0.1) is 0 Å². The first kappa shape index (κ1) is 19.3. The van der Waals surface area contributed by atoms with Crippen molar-refractivity contribution in [1.29, 1.82) is 0 Å². The van der Waals surface area contributed by atoms with Crippen molar-refractivity contribution >= 4 is 39.9 Å². The fourth-order valence-corrected chi connectivity index (χ4v) is 5.11. The van der Waals surface area contributed by atoms with Crippen molar-refractivity contribution in [3.8, 4) is 11.3 Å². The number of hydrogen-bond donors (Lipinski definition) is 2. The average molecular weight is 432 g/mol. The van der Waals surface area contributed by atoms with E-state index in [1.165, 1.54) is 16.2 Å². The fraction of sp³-hybridized carbons (Fsp3) is 0.174. The molecule has 0 saturated carbocycles. The number of carbonyl (C=O) groups excluding carboxylic acids is 1. The number of nitrogens with zero attached hydrogens (tertiary/aromatic N) is 3. The molecule has 4 aromatic rings. The van der Waals surface area contributed by atoms with Crippen molar-refractivity contribution in [2.75, 3.05) is 12.8 Å². The number of carbonyl (C=O) groups is 1. The van der Waals surface area contributed by atoms with E-state index in [2.05, 4.69) is 4.98 Å². The average Bonchev–Trinajstić information content (AvgIpc) is 3.42. The zero-order valence-corrected chi connectivity index (χ0v) is 17.9. The normalized spacial score (nSPS) is 21.5. The number of anilines is 1. The largest absolute Gasteiger partial charge is 0.464 e. The van der Waals surface area contributed by atoms with Crippen LogP contribution in [0.15, 0.2) is 69.7 Å². The lowest BCUT2D eigenvalue weighted by Gasteiger charge is -2.40.